The molecule has 0 saturated carbocycles. The van der Waals surface area contributed by atoms with Crippen LogP contribution in [0.3, 0.4) is 0 Å². The van der Waals surface area contributed by atoms with Crippen LogP contribution in [0.2, 0.25) is 0 Å². The first-order valence-corrected chi connectivity index (χ1v) is 5.94. The van der Waals surface area contributed by atoms with Crippen LogP contribution in [0.4, 0.5) is 4.39 Å². The second-order valence-corrected chi connectivity index (χ2v) is 3.89. The van der Waals surface area contributed by atoms with Crippen LogP contribution in [0, 0.1) is 5.82 Å². The number of rotatable bonds is 9. The highest BCUT2D eigenvalue weighted by molar-refractivity contribution is 5.87. The van der Waals surface area contributed by atoms with E-state index in [1.807, 2.05) is 0 Å². The highest BCUT2D eigenvalue weighted by atomic mass is 19.1. The van der Waals surface area contributed by atoms with Gasteiger partial charge in [-0.25, -0.2) is 9.18 Å². The minimum absolute atomic E-state index is 0.0783. The van der Waals surface area contributed by atoms with Gasteiger partial charge in [0.25, 0.3) is 0 Å². The highest BCUT2D eigenvalue weighted by Crippen LogP contribution is 2.10. The SMILES string of the molecule is COCCOCCNCc1cc(C(=O)O)ccc1F. The van der Waals surface area contributed by atoms with Gasteiger partial charge in [0.15, 0.2) is 0 Å². The van der Waals surface area contributed by atoms with Gasteiger partial charge in [-0.1, -0.05) is 0 Å². The van der Waals surface area contributed by atoms with Crippen LogP contribution in [-0.2, 0) is 16.0 Å². The van der Waals surface area contributed by atoms with Crippen molar-refractivity contribution in [1.82, 2.24) is 5.32 Å². The molecule has 0 saturated heterocycles. The maximum absolute atomic E-state index is 13.4. The highest BCUT2D eigenvalue weighted by Gasteiger charge is 2.07. The van der Waals surface area contributed by atoms with E-state index in [4.69, 9.17) is 14.6 Å². The topological polar surface area (TPSA) is 67.8 Å². The summed E-state index contributed by atoms with van der Waals surface area (Å²) in [7, 11) is 1.60. The fourth-order valence-corrected chi connectivity index (χ4v) is 1.45. The quantitative estimate of drug-likeness (QED) is 0.662. The predicted octanol–water partition coefficient (Wildman–Crippen LogP) is 1.28. The Morgan fingerprint density at radius 2 is 2.16 bits per heavy atom. The Morgan fingerprint density at radius 3 is 2.84 bits per heavy atom. The van der Waals surface area contributed by atoms with E-state index in [2.05, 4.69) is 5.32 Å². The molecule has 1 rings (SSSR count). The third kappa shape index (κ3) is 5.78. The Balaban J connectivity index is 2.32. The Kier molecular flexibility index (Phi) is 7.02. The third-order valence-corrected chi connectivity index (χ3v) is 2.46. The van der Waals surface area contributed by atoms with E-state index in [9.17, 15) is 9.18 Å². The van der Waals surface area contributed by atoms with Gasteiger partial charge in [-0.2, -0.15) is 0 Å². The minimum Gasteiger partial charge on any atom is -0.478 e. The summed E-state index contributed by atoms with van der Waals surface area (Å²) in [5, 5.41) is 11.8. The lowest BCUT2D eigenvalue weighted by atomic mass is 10.1. The average molecular weight is 271 g/mol. The number of benzene rings is 1. The lowest BCUT2D eigenvalue weighted by Crippen LogP contribution is -2.21. The molecule has 0 aliphatic heterocycles. The summed E-state index contributed by atoms with van der Waals surface area (Å²) < 4.78 is 23.5. The summed E-state index contributed by atoms with van der Waals surface area (Å²) >= 11 is 0. The number of hydrogen-bond donors (Lipinski definition) is 2. The maximum Gasteiger partial charge on any atom is 0.335 e. The normalized spacial score (nSPS) is 10.6. The number of carboxylic acids is 1. The molecule has 0 aliphatic carbocycles. The molecule has 0 heterocycles. The first kappa shape index (κ1) is 15.6. The Bertz CT molecular complexity index is 412. The fraction of sp³-hybridized carbons (Fsp3) is 0.462. The van der Waals surface area contributed by atoms with Gasteiger partial charge in [-0.15, -0.1) is 0 Å². The standard InChI is InChI=1S/C13H18FNO4/c1-18-6-7-19-5-4-15-9-11-8-10(13(16)17)2-3-12(11)14/h2-3,8,15H,4-7,9H2,1H3,(H,16,17). The lowest BCUT2D eigenvalue weighted by Gasteiger charge is -2.07. The van der Waals surface area contributed by atoms with Crippen molar-refractivity contribution in [3.05, 3.63) is 35.1 Å². The Morgan fingerprint density at radius 1 is 1.37 bits per heavy atom. The third-order valence-electron chi connectivity index (χ3n) is 2.46. The van der Waals surface area contributed by atoms with E-state index in [0.29, 0.717) is 31.9 Å². The number of ether oxygens (including phenoxy) is 2. The van der Waals surface area contributed by atoms with E-state index in [-0.39, 0.29) is 12.1 Å². The zero-order valence-corrected chi connectivity index (χ0v) is 10.8. The number of halogens is 1. The summed E-state index contributed by atoms with van der Waals surface area (Å²) in [5.41, 5.74) is 0.409. The number of carbonyl (C=O) groups is 1. The zero-order chi connectivity index (χ0) is 14.1. The number of methoxy groups -OCH3 is 1. The van der Waals surface area contributed by atoms with Crippen molar-refractivity contribution in [3.63, 3.8) is 0 Å². The van der Waals surface area contributed by atoms with Gasteiger partial charge in [-0.05, 0) is 18.2 Å². The summed E-state index contributed by atoms with van der Waals surface area (Å²) in [4.78, 5) is 10.8. The second-order valence-electron chi connectivity index (χ2n) is 3.89. The van der Waals surface area contributed by atoms with Gasteiger partial charge in [-0.3, -0.25) is 0 Å². The van der Waals surface area contributed by atoms with E-state index in [0.717, 1.165) is 6.07 Å². The van der Waals surface area contributed by atoms with Crippen molar-refractivity contribution < 1.29 is 23.8 Å². The van der Waals surface area contributed by atoms with Gasteiger partial charge in [0.05, 0.1) is 25.4 Å². The van der Waals surface area contributed by atoms with Crippen molar-refractivity contribution in [2.24, 2.45) is 0 Å². The summed E-state index contributed by atoms with van der Waals surface area (Å²) in [6, 6.07) is 3.74. The first-order chi connectivity index (χ1) is 9.15. The Hall–Kier alpha value is -1.50. The number of aromatic carboxylic acids is 1. The molecule has 5 nitrogen and oxygen atoms in total. The summed E-state index contributed by atoms with van der Waals surface area (Å²) in [5.74, 6) is -1.48. The van der Waals surface area contributed by atoms with E-state index in [1.54, 1.807) is 7.11 Å². The van der Waals surface area contributed by atoms with Crippen LogP contribution >= 0.6 is 0 Å². The molecule has 0 atom stereocenters. The van der Waals surface area contributed by atoms with E-state index >= 15 is 0 Å². The zero-order valence-electron chi connectivity index (χ0n) is 10.8. The van der Waals surface area contributed by atoms with Crippen molar-refractivity contribution in [3.8, 4) is 0 Å². The van der Waals surface area contributed by atoms with Crippen LogP contribution in [0.15, 0.2) is 18.2 Å². The van der Waals surface area contributed by atoms with Gasteiger partial charge in [0, 0.05) is 25.8 Å². The molecule has 0 radical (unpaired) electrons. The molecule has 1 aromatic carbocycles. The van der Waals surface area contributed by atoms with Crippen LogP contribution in [0.1, 0.15) is 15.9 Å². The maximum atomic E-state index is 13.4. The molecule has 0 amide bonds. The van der Waals surface area contributed by atoms with Gasteiger partial charge in [0.1, 0.15) is 5.82 Å². The van der Waals surface area contributed by atoms with Crippen molar-refractivity contribution in [2.75, 3.05) is 33.5 Å². The molecular formula is C13H18FNO4. The van der Waals surface area contributed by atoms with Crippen LogP contribution in [0.25, 0.3) is 0 Å². The molecule has 0 bridgehead atoms. The number of hydrogen-bond acceptors (Lipinski definition) is 4. The fourth-order valence-electron chi connectivity index (χ4n) is 1.45. The molecule has 19 heavy (non-hydrogen) atoms. The second kappa shape index (κ2) is 8.58. The molecule has 0 fully saturated rings. The molecule has 0 spiro atoms. The number of carboxylic acid groups (broad SMARTS) is 1. The molecule has 0 aliphatic rings. The first-order valence-electron chi connectivity index (χ1n) is 5.94. The molecular weight excluding hydrogens is 253 g/mol. The predicted molar refractivity (Wildman–Crippen MR) is 67.8 cm³/mol. The van der Waals surface area contributed by atoms with Crippen LogP contribution in [0.5, 0.6) is 0 Å². The minimum atomic E-state index is -1.07. The average Bonchev–Trinajstić information content (AvgIpc) is 2.39. The monoisotopic (exact) mass is 271 g/mol. The van der Waals surface area contributed by atoms with Crippen molar-refractivity contribution in [2.45, 2.75) is 6.54 Å². The molecule has 0 aromatic heterocycles. The largest absolute Gasteiger partial charge is 0.478 e. The van der Waals surface area contributed by atoms with Gasteiger partial charge in [0.2, 0.25) is 0 Å². The van der Waals surface area contributed by atoms with Crippen LogP contribution in [-0.4, -0.2) is 44.6 Å². The van der Waals surface area contributed by atoms with Gasteiger partial charge >= 0.3 is 5.97 Å². The molecule has 1 aromatic rings. The Labute approximate surface area is 111 Å². The lowest BCUT2D eigenvalue weighted by molar-refractivity contribution is 0.0696. The molecule has 6 heteroatoms. The summed E-state index contributed by atoms with van der Waals surface area (Å²) in [6.07, 6.45) is 0. The van der Waals surface area contributed by atoms with E-state index < -0.39 is 11.8 Å². The van der Waals surface area contributed by atoms with E-state index in [1.165, 1.54) is 12.1 Å². The van der Waals surface area contributed by atoms with Crippen molar-refractivity contribution in [1.29, 1.82) is 0 Å². The summed E-state index contributed by atoms with van der Waals surface area (Å²) in [6.45, 7) is 2.36. The smallest absolute Gasteiger partial charge is 0.335 e. The van der Waals surface area contributed by atoms with Gasteiger partial charge < -0.3 is 19.9 Å². The number of nitrogens with one attached hydrogen (secondary N) is 1. The molecule has 2 N–H and O–H groups in total. The van der Waals surface area contributed by atoms with Crippen LogP contribution < -0.4 is 5.32 Å². The molecule has 106 valence electrons. The molecule has 0 unspecified atom stereocenters. The van der Waals surface area contributed by atoms with Crippen molar-refractivity contribution >= 4 is 5.97 Å².